The Hall–Kier alpha value is -2.70. The summed E-state index contributed by atoms with van der Waals surface area (Å²) in [5.41, 5.74) is 3.91. The molecule has 0 saturated carbocycles. The molecule has 2 aromatic rings. The molecule has 1 N–H and O–H groups in total. The maximum absolute atomic E-state index is 12.5. The van der Waals surface area contributed by atoms with E-state index in [1.54, 1.807) is 25.3 Å². The summed E-state index contributed by atoms with van der Waals surface area (Å²) in [7, 11) is 1.55. The predicted octanol–water partition coefficient (Wildman–Crippen LogP) is 4.85. The van der Waals surface area contributed by atoms with Crippen LogP contribution in [0.15, 0.2) is 36.4 Å². The molecule has 1 amide bonds. The number of hydrogen-bond acceptors (Lipinski definition) is 5. The Balaban J connectivity index is 1.65. The number of benzene rings is 2. The van der Waals surface area contributed by atoms with Crippen LogP contribution in [0.2, 0.25) is 5.02 Å². The predicted molar refractivity (Wildman–Crippen MR) is 132 cm³/mol. The molecule has 0 spiro atoms. The van der Waals surface area contributed by atoms with E-state index in [1.807, 2.05) is 19.1 Å². The number of methoxy groups -OCH3 is 1. The number of aryl methyl sites for hydroxylation is 1. The van der Waals surface area contributed by atoms with Crippen molar-refractivity contribution in [2.45, 2.75) is 20.8 Å². The Morgan fingerprint density at radius 2 is 1.91 bits per heavy atom. The fraction of sp³-hybridized carbons (Fsp3) is 0.400. The van der Waals surface area contributed by atoms with Gasteiger partial charge in [-0.15, -0.1) is 0 Å². The van der Waals surface area contributed by atoms with Crippen LogP contribution in [0.1, 0.15) is 25.0 Å². The van der Waals surface area contributed by atoms with E-state index in [-0.39, 0.29) is 5.91 Å². The number of anilines is 2. The zero-order valence-corrected chi connectivity index (χ0v) is 20.0. The van der Waals surface area contributed by atoms with Gasteiger partial charge in [0.25, 0.3) is 0 Å². The smallest absolute Gasteiger partial charge is 0.248 e. The second-order valence-corrected chi connectivity index (χ2v) is 8.12. The lowest BCUT2D eigenvalue weighted by Gasteiger charge is -2.36. The second-order valence-electron chi connectivity index (χ2n) is 7.71. The summed E-state index contributed by atoms with van der Waals surface area (Å²) in [4.78, 5) is 17.3. The molecule has 0 radical (unpaired) electrons. The fourth-order valence-electron chi connectivity index (χ4n) is 3.89. The molecule has 0 unspecified atom stereocenters. The first-order valence-electron chi connectivity index (χ1n) is 11.0. The summed E-state index contributed by atoms with van der Waals surface area (Å²) in [6.45, 7) is 12.0. The quantitative estimate of drug-likeness (QED) is 0.574. The number of amides is 1. The molecule has 0 aromatic heterocycles. The largest absolute Gasteiger partial charge is 0.491 e. The Morgan fingerprint density at radius 1 is 1.16 bits per heavy atom. The third kappa shape index (κ3) is 5.96. The average molecular weight is 458 g/mol. The van der Waals surface area contributed by atoms with Crippen LogP contribution < -0.4 is 19.7 Å². The number of halogens is 1. The molecule has 0 atom stereocenters. The van der Waals surface area contributed by atoms with Gasteiger partial charge in [0.05, 0.1) is 18.7 Å². The van der Waals surface area contributed by atoms with Crippen molar-refractivity contribution in [2.75, 3.05) is 56.7 Å². The maximum atomic E-state index is 12.5. The van der Waals surface area contributed by atoms with E-state index in [2.05, 4.69) is 35.0 Å². The molecular formula is C25H32ClN3O3. The van der Waals surface area contributed by atoms with Crippen LogP contribution in [0.3, 0.4) is 0 Å². The van der Waals surface area contributed by atoms with Gasteiger partial charge in [0.15, 0.2) is 11.5 Å². The van der Waals surface area contributed by atoms with Crippen LogP contribution in [0.5, 0.6) is 11.5 Å². The molecule has 0 aliphatic carbocycles. The van der Waals surface area contributed by atoms with Gasteiger partial charge >= 0.3 is 0 Å². The molecule has 6 nitrogen and oxygen atoms in total. The third-order valence-electron chi connectivity index (χ3n) is 5.59. The van der Waals surface area contributed by atoms with Crippen molar-refractivity contribution >= 4 is 35.0 Å². The Kier molecular flexibility index (Phi) is 8.42. The number of likely N-dealkylation sites (N-methyl/N-ethyl adjacent to an activating group) is 1. The lowest BCUT2D eigenvalue weighted by molar-refractivity contribution is -0.111. The number of hydrogen-bond donors (Lipinski definition) is 1. The number of carbonyl (C=O) groups is 1. The van der Waals surface area contributed by atoms with Crippen LogP contribution in [0, 0.1) is 6.92 Å². The summed E-state index contributed by atoms with van der Waals surface area (Å²) in [6, 6.07) is 9.61. The number of ether oxygens (including phenoxy) is 2. The first kappa shape index (κ1) is 24.0. The molecule has 0 bridgehead atoms. The van der Waals surface area contributed by atoms with Crippen molar-refractivity contribution in [3.8, 4) is 11.5 Å². The van der Waals surface area contributed by atoms with Gasteiger partial charge in [0.1, 0.15) is 0 Å². The molecule has 32 heavy (non-hydrogen) atoms. The number of nitrogens with one attached hydrogen (secondary N) is 1. The molecule has 2 aromatic carbocycles. The topological polar surface area (TPSA) is 54.0 Å². The van der Waals surface area contributed by atoms with Crippen LogP contribution >= 0.6 is 11.6 Å². The fourth-order valence-corrected chi connectivity index (χ4v) is 4.19. The van der Waals surface area contributed by atoms with Crippen molar-refractivity contribution in [1.82, 2.24) is 4.90 Å². The highest BCUT2D eigenvalue weighted by molar-refractivity contribution is 6.32. The highest BCUT2D eigenvalue weighted by Crippen LogP contribution is 2.36. The zero-order valence-electron chi connectivity index (χ0n) is 19.3. The Morgan fingerprint density at radius 3 is 2.53 bits per heavy atom. The molecule has 1 aliphatic rings. The lowest BCUT2D eigenvalue weighted by atomic mass is 10.1. The first-order valence-corrected chi connectivity index (χ1v) is 11.4. The van der Waals surface area contributed by atoms with Crippen molar-refractivity contribution < 1.29 is 14.3 Å². The number of carbonyl (C=O) groups excluding carboxylic acids is 1. The monoisotopic (exact) mass is 457 g/mol. The molecule has 7 heteroatoms. The highest BCUT2D eigenvalue weighted by atomic mass is 35.5. The van der Waals surface area contributed by atoms with Crippen LogP contribution in [0.4, 0.5) is 11.4 Å². The van der Waals surface area contributed by atoms with Gasteiger partial charge in [0.2, 0.25) is 5.91 Å². The SMILES string of the molecule is CCOc1cc(/C=C/C(=O)Nc2ccc(N3CCN(CC)CC3)c(C)c2)cc(Cl)c1OC. The van der Waals surface area contributed by atoms with E-state index in [0.29, 0.717) is 23.1 Å². The minimum absolute atomic E-state index is 0.210. The third-order valence-corrected chi connectivity index (χ3v) is 5.87. The van der Waals surface area contributed by atoms with Crippen molar-refractivity contribution in [2.24, 2.45) is 0 Å². The Labute approximate surface area is 195 Å². The minimum Gasteiger partial charge on any atom is -0.491 e. The van der Waals surface area contributed by atoms with Gasteiger partial charge in [-0.3, -0.25) is 4.79 Å². The number of nitrogens with zero attached hydrogens (tertiary/aromatic N) is 2. The summed E-state index contributed by atoms with van der Waals surface area (Å²) < 4.78 is 10.9. The van der Waals surface area contributed by atoms with Crippen LogP contribution in [-0.2, 0) is 4.79 Å². The van der Waals surface area contributed by atoms with Crippen LogP contribution in [0.25, 0.3) is 6.08 Å². The van der Waals surface area contributed by atoms with Crippen molar-refractivity contribution in [3.05, 3.63) is 52.6 Å². The first-order chi connectivity index (χ1) is 15.4. The van der Waals surface area contributed by atoms with Gasteiger partial charge in [0, 0.05) is 43.6 Å². The van der Waals surface area contributed by atoms with Gasteiger partial charge in [-0.2, -0.15) is 0 Å². The molecule has 1 heterocycles. The zero-order chi connectivity index (χ0) is 23.1. The van der Waals surface area contributed by atoms with E-state index in [4.69, 9.17) is 21.1 Å². The number of piperazine rings is 1. The normalized spacial score (nSPS) is 14.6. The molecule has 1 fully saturated rings. The highest BCUT2D eigenvalue weighted by Gasteiger charge is 2.17. The molecule has 1 saturated heterocycles. The molecule has 3 rings (SSSR count). The van der Waals surface area contributed by atoms with Gasteiger partial charge in [-0.05, 0) is 67.9 Å². The molecular weight excluding hydrogens is 426 g/mol. The summed E-state index contributed by atoms with van der Waals surface area (Å²) in [6.07, 6.45) is 3.19. The second kappa shape index (κ2) is 11.2. The summed E-state index contributed by atoms with van der Waals surface area (Å²) in [5, 5.41) is 3.37. The Bertz CT molecular complexity index is 969. The van der Waals surface area contributed by atoms with Crippen LogP contribution in [-0.4, -0.2) is 57.2 Å². The average Bonchev–Trinajstić information content (AvgIpc) is 2.78. The van der Waals surface area contributed by atoms with Gasteiger partial charge in [-0.25, -0.2) is 0 Å². The molecule has 172 valence electrons. The van der Waals surface area contributed by atoms with E-state index in [0.717, 1.165) is 49.5 Å². The maximum Gasteiger partial charge on any atom is 0.248 e. The van der Waals surface area contributed by atoms with E-state index in [9.17, 15) is 4.79 Å². The minimum atomic E-state index is -0.210. The lowest BCUT2D eigenvalue weighted by Crippen LogP contribution is -2.46. The summed E-state index contributed by atoms with van der Waals surface area (Å²) >= 11 is 6.28. The van der Waals surface area contributed by atoms with E-state index < -0.39 is 0 Å². The van der Waals surface area contributed by atoms with Gasteiger partial charge in [-0.1, -0.05) is 18.5 Å². The van der Waals surface area contributed by atoms with Gasteiger partial charge < -0.3 is 24.6 Å². The number of rotatable bonds is 8. The van der Waals surface area contributed by atoms with Crippen molar-refractivity contribution in [3.63, 3.8) is 0 Å². The summed E-state index contributed by atoms with van der Waals surface area (Å²) in [5.74, 6) is 0.828. The van der Waals surface area contributed by atoms with E-state index >= 15 is 0 Å². The standard InChI is InChI=1S/C25H32ClN3O3/c1-5-28-11-13-29(14-12-28)22-9-8-20(15-18(22)3)27-24(30)10-7-19-16-21(26)25(31-4)23(17-19)32-6-2/h7-10,15-17H,5-6,11-14H2,1-4H3,(H,27,30)/b10-7+. The van der Waals surface area contributed by atoms with Crippen molar-refractivity contribution in [1.29, 1.82) is 0 Å². The molecule has 1 aliphatic heterocycles. The van der Waals surface area contributed by atoms with E-state index in [1.165, 1.54) is 11.8 Å².